The molecule has 0 unspecified atom stereocenters. The molecule has 0 saturated heterocycles. The predicted molar refractivity (Wildman–Crippen MR) is 135 cm³/mol. The number of rotatable bonds is 7. The molecule has 3 N–H and O–H groups in total. The van der Waals surface area contributed by atoms with Gasteiger partial charge in [-0.25, -0.2) is 0 Å². The standard InChI is InChI=1S/C27H24N4O5/c1-15(27(35)36)28-22(32)11-12-31-14-19(17-8-4-6-10-21(17)31)24-23(25(33)29-26(24)34)18-13-30(2)20-9-5-3-7-16(18)20/h3-10,13-15H,11-12H2,1-2H3,(H,28,32)(H,35,36)(H,29,33,34)/t15-/m0/s1. The van der Waals surface area contributed by atoms with Crippen LogP contribution in [-0.4, -0.2) is 44.0 Å². The monoisotopic (exact) mass is 484 g/mol. The number of aliphatic carboxylic acids is 1. The number of amides is 3. The molecule has 0 fully saturated rings. The average Bonchev–Trinajstić information content (AvgIpc) is 3.48. The second-order valence-corrected chi connectivity index (χ2v) is 8.83. The third-order valence-corrected chi connectivity index (χ3v) is 6.48. The highest BCUT2D eigenvalue weighted by Gasteiger charge is 2.35. The molecule has 9 nitrogen and oxygen atoms in total. The highest BCUT2D eigenvalue weighted by atomic mass is 16.4. The molecule has 3 amide bonds. The SMILES string of the molecule is C[C@H](NC(=O)CCn1cc(C2=C(c3cn(C)c4ccccc34)C(=O)NC2=O)c2ccccc21)C(=O)O. The summed E-state index contributed by atoms with van der Waals surface area (Å²) >= 11 is 0. The van der Waals surface area contributed by atoms with Gasteiger partial charge in [-0.15, -0.1) is 0 Å². The predicted octanol–water partition coefficient (Wildman–Crippen LogP) is 2.68. The number of hydrogen-bond donors (Lipinski definition) is 3. The van der Waals surface area contributed by atoms with Crippen LogP contribution in [0.5, 0.6) is 0 Å². The minimum atomic E-state index is -1.11. The van der Waals surface area contributed by atoms with Gasteiger partial charge in [0.15, 0.2) is 0 Å². The van der Waals surface area contributed by atoms with E-state index in [-0.39, 0.29) is 18.5 Å². The van der Waals surface area contributed by atoms with E-state index in [0.29, 0.717) is 16.7 Å². The topological polar surface area (TPSA) is 122 Å². The van der Waals surface area contributed by atoms with Gasteiger partial charge in [0, 0.05) is 65.3 Å². The summed E-state index contributed by atoms with van der Waals surface area (Å²) in [5.41, 5.74) is 3.60. The molecule has 0 aliphatic carbocycles. The van der Waals surface area contributed by atoms with Crippen molar-refractivity contribution in [3.63, 3.8) is 0 Å². The van der Waals surface area contributed by atoms with Crippen molar-refractivity contribution in [2.75, 3.05) is 0 Å². The lowest BCUT2D eigenvalue weighted by Gasteiger charge is -2.10. The van der Waals surface area contributed by atoms with Gasteiger partial charge in [-0.1, -0.05) is 36.4 Å². The highest BCUT2D eigenvalue weighted by Crippen LogP contribution is 2.38. The van der Waals surface area contributed by atoms with E-state index in [1.54, 1.807) is 6.20 Å². The molecule has 2 aromatic carbocycles. The van der Waals surface area contributed by atoms with Crippen molar-refractivity contribution in [3.8, 4) is 0 Å². The Kier molecular flexibility index (Phi) is 5.68. The number of benzene rings is 2. The molecular weight excluding hydrogens is 460 g/mol. The number of fused-ring (bicyclic) bond motifs is 2. The zero-order valence-corrected chi connectivity index (χ0v) is 19.7. The first-order valence-electron chi connectivity index (χ1n) is 11.5. The number of nitrogens with zero attached hydrogens (tertiary/aromatic N) is 2. The van der Waals surface area contributed by atoms with E-state index < -0.39 is 29.7 Å². The lowest BCUT2D eigenvalue weighted by Crippen LogP contribution is -2.38. The van der Waals surface area contributed by atoms with E-state index in [9.17, 15) is 19.2 Å². The van der Waals surface area contributed by atoms with Crippen molar-refractivity contribution in [1.82, 2.24) is 19.8 Å². The number of imide groups is 1. The summed E-state index contributed by atoms with van der Waals surface area (Å²) in [5, 5.41) is 15.6. The van der Waals surface area contributed by atoms with E-state index in [4.69, 9.17) is 5.11 Å². The lowest BCUT2D eigenvalue weighted by molar-refractivity contribution is -0.141. The van der Waals surface area contributed by atoms with Gasteiger partial charge in [0.2, 0.25) is 5.91 Å². The Morgan fingerprint density at radius 2 is 1.47 bits per heavy atom. The number of aryl methyl sites for hydroxylation is 2. The maximum absolute atomic E-state index is 13.1. The van der Waals surface area contributed by atoms with Crippen LogP contribution in [0.3, 0.4) is 0 Å². The van der Waals surface area contributed by atoms with Gasteiger partial charge in [0.1, 0.15) is 6.04 Å². The highest BCUT2D eigenvalue weighted by molar-refractivity contribution is 6.50. The largest absolute Gasteiger partial charge is 0.480 e. The summed E-state index contributed by atoms with van der Waals surface area (Å²) < 4.78 is 3.77. The van der Waals surface area contributed by atoms with E-state index in [0.717, 1.165) is 21.8 Å². The van der Waals surface area contributed by atoms with Gasteiger partial charge in [-0.05, 0) is 19.1 Å². The number of carbonyl (C=O) groups excluding carboxylic acids is 3. The number of hydrogen-bond acceptors (Lipinski definition) is 4. The summed E-state index contributed by atoms with van der Waals surface area (Å²) in [6.07, 6.45) is 3.68. The molecule has 5 rings (SSSR count). The van der Waals surface area contributed by atoms with Gasteiger partial charge in [-0.3, -0.25) is 24.5 Å². The van der Waals surface area contributed by atoms with Crippen LogP contribution < -0.4 is 10.6 Å². The van der Waals surface area contributed by atoms with Crippen LogP contribution in [0.4, 0.5) is 0 Å². The van der Waals surface area contributed by atoms with E-state index in [2.05, 4.69) is 10.6 Å². The summed E-state index contributed by atoms with van der Waals surface area (Å²) in [7, 11) is 1.89. The smallest absolute Gasteiger partial charge is 0.325 e. The number of carboxylic acids is 1. The van der Waals surface area contributed by atoms with Crippen molar-refractivity contribution in [1.29, 1.82) is 0 Å². The summed E-state index contributed by atoms with van der Waals surface area (Å²) in [6, 6.07) is 14.2. The van der Waals surface area contributed by atoms with Crippen LogP contribution in [0, 0.1) is 0 Å². The second kappa shape index (κ2) is 8.84. The Morgan fingerprint density at radius 1 is 0.917 bits per heavy atom. The number of aromatic nitrogens is 2. The van der Waals surface area contributed by atoms with Crippen LogP contribution in [-0.2, 0) is 32.8 Å². The van der Waals surface area contributed by atoms with E-state index in [1.807, 2.05) is 70.9 Å². The molecule has 2 aromatic heterocycles. The van der Waals surface area contributed by atoms with Crippen molar-refractivity contribution in [3.05, 3.63) is 72.1 Å². The number of para-hydroxylation sites is 2. The van der Waals surface area contributed by atoms with Gasteiger partial charge in [0.05, 0.1) is 11.1 Å². The minimum absolute atomic E-state index is 0.0517. The van der Waals surface area contributed by atoms with Crippen molar-refractivity contribution >= 4 is 56.6 Å². The first-order chi connectivity index (χ1) is 17.3. The molecule has 0 bridgehead atoms. The summed E-state index contributed by atoms with van der Waals surface area (Å²) in [5.74, 6) is -2.43. The Morgan fingerprint density at radius 3 is 2.11 bits per heavy atom. The fourth-order valence-corrected chi connectivity index (χ4v) is 4.74. The third kappa shape index (κ3) is 3.84. The van der Waals surface area contributed by atoms with Crippen LogP contribution in [0.2, 0.25) is 0 Å². The maximum Gasteiger partial charge on any atom is 0.325 e. The molecule has 36 heavy (non-hydrogen) atoms. The Hall–Kier alpha value is -4.66. The van der Waals surface area contributed by atoms with Crippen LogP contribution >= 0.6 is 0 Å². The van der Waals surface area contributed by atoms with Crippen LogP contribution in [0.15, 0.2) is 60.9 Å². The van der Waals surface area contributed by atoms with Crippen LogP contribution in [0.25, 0.3) is 33.0 Å². The molecular formula is C27H24N4O5. The molecule has 0 saturated carbocycles. The molecule has 3 heterocycles. The summed E-state index contributed by atoms with van der Waals surface area (Å²) in [4.78, 5) is 49.4. The van der Waals surface area contributed by atoms with Gasteiger partial charge in [-0.2, -0.15) is 0 Å². The Balaban J connectivity index is 1.60. The number of carboxylic acid groups (broad SMARTS) is 1. The quantitative estimate of drug-likeness (QED) is 0.348. The fraction of sp³-hybridized carbons (Fsp3) is 0.185. The fourth-order valence-electron chi connectivity index (χ4n) is 4.74. The minimum Gasteiger partial charge on any atom is -0.480 e. The summed E-state index contributed by atoms with van der Waals surface area (Å²) in [6.45, 7) is 1.67. The van der Waals surface area contributed by atoms with Crippen molar-refractivity contribution in [2.45, 2.75) is 25.9 Å². The molecule has 1 aliphatic rings. The van der Waals surface area contributed by atoms with Crippen LogP contribution in [0.1, 0.15) is 24.5 Å². The molecule has 9 heteroatoms. The normalized spacial score (nSPS) is 14.5. The Bertz CT molecular complexity index is 1610. The zero-order chi connectivity index (χ0) is 25.6. The zero-order valence-electron chi connectivity index (χ0n) is 19.7. The molecule has 4 aromatic rings. The first-order valence-corrected chi connectivity index (χ1v) is 11.5. The number of nitrogens with one attached hydrogen (secondary N) is 2. The van der Waals surface area contributed by atoms with E-state index in [1.165, 1.54) is 6.92 Å². The van der Waals surface area contributed by atoms with E-state index >= 15 is 0 Å². The lowest BCUT2D eigenvalue weighted by atomic mass is 9.95. The number of carbonyl (C=O) groups is 4. The third-order valence-electron chi connectivity index (χ3n) is 6.48. The molecule has 182 valence electrons. The van der Waals surface area contributed by atoms with Gasteiger partial charge < -0.3 is 19.6 Å². The molecule has 0 spiro atoms. The van der Waals surface area contributed by atoms with Crippen molar-refractivity contribution in [2.24, 2.45) is 7.05 Å². The van der Waals surface area contributed by atoms with Gasteiger partial charge >= 0.3 is 5.97 Å². The molecule has 1 atom stereocenters. The maximum atomic E-state index is 13.1. The van der Waals surface area contributed by atoms with Gasteiger partial charge in [0.25, 0.3) is 11.8 Å². The molecule has 0 radical (unpaired) electrons. The van der Waals surface area contributed by atoms with Crippen molar-refractivity contribution < 1.29 is 24.3 Å². The first kappa shape index (κ1) is 23.1. The molecule has 1 aliphatic heterocycles. The second-order valence-electron chi connectivity index (χ2n) is 8.83. The average molecular weight is 485 g/mol. The Labute approximate surface area is 206 Å².